The van der Waals surface area contributed by atoms with Gasteiger partial charge in [0.15, 0.2) is 0 Å². The smallest absolute Gasteiger partial charge is 0.272 e. The van der Waals surface area contributed by atoms with Crippen molar-refractivity contribution in [1.82, 2.24) is 5.32 Å². The summed E-state index contributed by atoms with van der Waals surface area (Å²) in [6, 6.07) is 30.2. The fourth-order valence-corrected chi connectivity index (χ4v) is 5.17. The molecule has 0 aromatic heterocycles. The molecule has 41 heavy (non-hydrogen) atoms. The number of anilines is 2. The first-order chi connectivity index (χ1) is 19.8. The molecule has 3 N–H and O–H groups in total. The minimum atomic E-state index is -0.485. The lowest BCUT2D eigenvalue weighted by atomic mass is 10.1. The summed E-state index contributed by atoms with van der Waals surface area (Å²) in [4.78, 5) is 40.0. The molecule has 0 radical (unpaired) electrons. The van der Waals surface area contributed by atoms with E-state index in [9.17, 15) is 14.4 Å². The second-order valence-corrected chi connectivity index (χ2v) is 10.9. The monoisotopic (exact) mass is 603 g/mol. The molecular formula is C32H27Cl2N3O3S. The maximum absolute atomic E-state index is 13.4. The maximum Gasteiger partial charge on any atom is 0.272 e. The van der Waals surface area contributed by atoms with Gasteiger partial charge in [0.05, 0.1) is 21.0 Å². The second-order valence-electron chi connectivity index (χ2n) is 8.88. The largest absolute Gasteiger partial charge is 0.324 e. The van der Waals surface area contributed by atoms with Gasteiger partial charge in [-0.3, -0.25) is 14.4 Å². The quantitative estimate of drug-likeness (QED) is 0.127. The number of rotatable bonds is 10. The van der Waals surface area contributed by atoms with Crippen LogP contribution in [0.15, 0.2) is 114 Å². The third-order valence-electron chi connectivity index (χ3n) is 5.88. The summed E-state index contributed by atoms with van der Waals surface area (Å²) in [6.45, 7) is 1.92. The van der Waals surface area contributed by atoms with Gasteiger partial charge >= 0.3 is 0 Å². The number of carbonyl (C=O) groups excluding carboxylic acids is 3. The molecule has 1 atom stereocenters. The van der Waals surface area contributed by atoms with Crippen LogP contribution in [0.25, 0.3) is 6.08 Å². The van der Waals surface area contributed by atoms with Gasteiger partial charge in [0.2, 0.25) is 5.91 Å². The lowest BCUT2D eigenvalue weighted by molar-refractivity contribution is -0.116. The lowest BCUT2D eigenvalue weighted by Gasteiger charge is -2.16. The van der Waals surface area contributed by atoms with E-state index in [0.717, 1.165) is 10.5 Å². The Morgan fingerprint density at radius 1 is 0.829 bits per heavy atom. The molecule has 3 amide bonds. The van der Waals surface area contributed by atoms with E-state index in [1.54, 1.807) is 66.7 Å². The SMILES string of the molecule is CCC(Sc1cccc(NC(=O)/C(=C/c2ccccc2)NC(=O)c2ccccc2)c1)C(=O)Nc1cccc(Cl)c1Cl. The highest BCUT2D eigenvalue weighted by molar-refractivity contribution is 8.00. The number of hydrogen-bond acceptors (Lipinski definition) is 4. The molecule has 0 saturated carbocycles. The Labute approximate surface area is 253 Å². The van der Waals surface area contributed by atoms with Crippen LogP contribution in [-0.2, 0) is 9.59 Å². The van der Waals surface area contributed by atoms with Crippen molar-refractivity contribution >= 4 is 70.1 Å². The molecule has 0 spiro atoms. The molecule has 9 heteroatoms. The van der Waals surface area contributed by atoms with Gasteiger partial charge in [-0.15, -0.1) is 11.8 Å². The van der Waals surface area contributed by atoms with Crippen molar-refractivity contribution in [1.29, 1.82) is 0 Å². The molecule has 4 rings (SSSR count). The van der Waals surface area contributed by atoms with Crippen molar-refractivity contribution in [3.8, 4) is 0 Å². The standard InChI is InChI=1S/C32H27Cl2N3O3S/c1-2-28(32(40)36-26-18-10-17-25(33)29(26)34)41-24-16-9-15-23(20-24)35-31(39)27(19-21-11-5-3-6-12-21)37-30(38)22-13-7-4-8-14-22/h3-20,28H,2H2,1H3,(H,35,39)(H,36,40)(H,37,38)/b27-19-. The highest BCUT2D eigenvalue weighted by Crippen LogP contribution is 2.32. The first-order valence-electron chi connectivity index (χ1n) is 12.8. The summed E-state index contributed by atoms with van der Waals surface area (Å²) in [5.41, 5.74) is 2.24. The molecule has 6 nitrogen and oxygen atoms in total. The Morgan fingerprint density at radius 2 is 1.51 bits per heavy atom. The van der Waals surface area contributed by atoms with Gasteiger partial charge in [-0.05, 0) is 60.5 Å². The number of halogens is 2. The van der Waals surface area contributed by atoms with Crippen LogP contribution in [0.3, 0.4) is 0 Å². The average molecular weight is 605 g/mol. The van der Waals surface area contributed by atoms with Crippen LogP contribution in [0.1, 0.15) is 29.3 Å². The fourth-order valence-electron chi connectivity index (χ4n) is 3.80. The molecule has 0 aliphatic carbocycles. The molecule has 0 bridgehead atoms. The third kappa shape index (κ3) is 8.47. The number of thioether (sulfide) groups is 1. The van der Waals surface area contributed by atoms with Crippen LogP contribution in [0.5, 0.6) is 0 Å². The Kier molecular flexibility index (Phi) is 10.6. The van der Waals surface area contributed by atoms with E-state index in [2.05, 4.69) is 16.0 Å². The predicted molar refractivity (Wildman–Crippen MR) is 168 cm³/mol. The topological polar surface area (TPSA) is 87.3 Å². The van der Waals surface area contributed by atoms with Crippen LogP contribution in [0, 0.1) is 0 Å². The van der Waals surface area contributed by atoms with Crippen LogP contribution in [-0.4, -0.2) is 23.0 Å². The van der Waals surface area contributed by atoms with Crippen molar-refractivity contribution in [3.63, 3.8) is 0 Å². The van der Waals surface area contributed by atoms with E-state index in [1.807, 2.05) is 49.4 Å². The highest BCUT2D eigenvalue weighted by Gasteiger charge is 2.20. The molecule has 0 fully saturated rings. The van der Waals surface area contributed by atoms with Crippen LogP contribution in [0.2, 0.25) is 10.0 Å². The summed E-state index contributed by atoms with van der Waals surface area (Å²) < 4.78 is 0. The Morgan fingerprint density at radius 3 is 2.22 bits per heavy atom. The van der Waals surface area contributed by atoms with E-state index < -0.39 is 17.1 Å². The third-order valence-corrected chi connectivity index (χ3v) is 8.06. The first kappa shape index (κ1) is 29.9. The van der Waals surface area contributed by atoms with Gasteiger partial charge in [0.25, 0.3) is 11.8 Å². The summed E-state index contributed by atoms with van der Waals surface area (Å²) in [6.07, 6.45) is 2.17. The molecule has 4 aromatic carbocycles. The zero-order valence-corrected chi connectivity index (χ0v) is 24.4. The zero-order chi connectivity index (χ0) is 29.2. The number of hydrogen-bond donors (Lipinski definition) is 3. The minimum Gasteiger partial charge on any atom is -0.324 e. The van der Waals surface area contributed by atoms with Crippen LogP contribution in [0.4, 0.5) is 11.4 Å². The molecule has 208 valence electrons. The fraction of sp³-hybridized carbons (Fsp3) is 0.0938. The molecule has 0 saturated heterocycles. The number of benzene rings is 4. The van der Waals surface area contributed by atoms with Gasteiger partial charge in [-0.2, -0.15) is 0 Å². The lowest BCUT2D eigenvalue weighted by Crippen LogP contribution is -2.30. The summed E-state index contributed by atoms with van der Waals surface area (Å²) >= 11 is 13.7. The minimum absolute atomic E-state index is 0.0901. The number of amides is 3. The van der Waals surface area contributed by atoms with E-state index in [1.165, 1.54) is 11.8 Å². The molecule has 0 heterocycles. The van der Waals surface area contributed by atoms with E-state index in [0.29, 0.717) is 28.4 Å². The second kappa shape index (κ2) is 14.6. The molecule has 1 unspecified atom stereocenters. The predicted octanol–water partition coefficient (Wildman–Crippen LogP) is 7.91. The van der Waals surface area contributed by atoms with E-state index in [-0.39, 0.29) is 16.6 Å². The summed E-state index contributed by atoms with van der Waals surface area (Å²) in [5, 5.41) is 8.66. The zero-order valence-electron chi connectivity index (χ0n) is 22.1. The number of carbonyl (C=O) groups is 3. The van der Waals surface area contributed by atoms with Gasteiger partial charge in [-0.25, -0.2) is 0 Å². The maximum atomic E-state index is 13.4. The number of nitrogens with one attached hydrogen (secondary N) is 3. The molecular weight excluding hydrogens is 577 g/mol. The van der Waals surface area contributed by atoms with Gasteiger partial charge in [0, 0.05) is 16.1 Å². The Balaban J connectivity index is 1.49. The molecule has 0 aliphatic rings. The van der Waals surface area contributed by atoms with Crippen molar-refractivity contribution in [2.45, 2.75) is 23.5 Å². The van der Waals surface area contributed by atoms with Gasteiger partial charge < -0.3 is 16.0 Å². The van der Waals surface area contributed by atoms with Crippen molar-refractivity contribution in [2.24, 2.45) is 0 Å². The molecule has 4 aromatic rings. The average Bonchev–Trinajstić information content (AvgIpc) is 2.99. The van der Waals surface area contributed by atoms with E-state index >= 15 is 0 Å². The van der Waals surface area contributed by atoms with Crippen molar-refractivity contribution in [3.05, 3.63) is 130 Å². The van der Waals surface area contributed by atoms with Crippen molar-refractivity contribution < 1.29 is 14.4 Å². The molecule has 0 aliphatic heterocycles. The summed E-state index contributed by atoms with van der Waals surface area (Å²) in [7, 11) is 0. The van der Waals surface area contributed by atoms with Gasteiger partial charge in [-0.1, -0.05) is 90.8 Å². The normalized spacial score (nSPS) is 11.8. The Hall–Kier alpha value is -4.04. The highest BCUT2D eigenvalue weighted by atomic mass is 35.5. The van der Waals surface area contributed by atoms with Gasteiger partial charge in [0.1, 0.15) is 5.70 Å². The van der Waals surface area contributed by atoms with Crippen molar-refractivity contribution in [2.75, 3.05) is 10.6 Å². The van der Waals surface area contributed by atoms with E-state index in [4.69, 9.17) is 23.2 Å². The summed E-state index contributed by atoms with van der Waals surface area (Å²) in [5.74, 6) is -1.10. The Bertz CT molecular complexity index is 1560. The van der Waals surface area contributed by atoms with Crippen LogP contribution < -0.4 is 16.0 Å². The first-order valence-corrected chi connectivity index (χ1v) is 14.4. The van der Waals surface area contributed by atoms with Crippen LogP contribution >= 0.6 is 35.0 Å².